The van der Waals surface area contributed by atoms with Gasteiger partial charge in [0.1, 0.15) is 5.84 Å². The van der Waals surface area contributed by atoms with Gasteiger partial charge in [-0.2, -0.15) is 0 Å². The molecular formula is C12H19Cl2N3O. The third-order valence-corrected chi connectivity index (χ3v) is 3.01. The molecule has 0 aliphatic carbocycles. The molecule has 0 bridgehead atoms. The van der Waals surface area contributed by atoms with Crippen LogP contribution in [-0.4, -0.2) is 31.6 Å². The number of halogens is 2. The largest absolute Gasteiger partial charge is 0.379 e. The van der Waals surface area contributed by atoms with E-state index in [0.717, 1.165) is 18.7 Å². The molecule has 4 nitrogen and oxygen atoms in total. The molecule has 6 heteroatoms. The number of benzene rings is 1. The van der Waals surface area contributed by atoms with Gasteiger partial charge in [0.25, 0.3) is 0 Å². The Morgan fingerprint density at radius 2 is 1.89 bits per heavy atom. The first-order valence-corrected chi connectivity index (χ1v) is 5.43. The maximum absolute atomic E-state index is 8.04. The zero-order valence-electron chi connectivity index (χ0n) is 10.2. The van der Waals surface area contributed by atoms with Crippen LogP contribution in [0.1, 0.15) is 6.42 Å². The number of hydrogen-bond donors (Lipinski definition) is 2. The topological polar surface area (TPSA) is 62.3 Å². The van der Waals surface area contributed by atoms with Crippen molar-refractivity contribution < 1.29 is 4.74 Å². The number of ether oxygens (including phenoxy) is 1. The molecule has 1 fully saturated rings. The standard InChI is InChI=1S/C12H17N3O.2ClH/c1-16-10-7-8-15(12(14)11(10)13)9-5-3-2-4-6-9;;/h2-6,10-11,14H,7-8,13H2,1H3;2*1H. The number of nitrogens with one attached hydrogen (secondary N) is 1. The number of para-hydroxylation sites is 1. The zero-order valence-corrected chi connectivity index (χ0v) is 11.8. The number of anilines is 1. The first-order chi connectivity index (χ1) is 7.74. The summed E-state index contributed by atoms with van der Waals surface area (Å²) in [5.41, 5.74) is 7.00. The Labute approximate surface area is 120 Å². The van der Waals surface area contributed by atoms with Gasteiger partial charge in [-0.3, -0.25) is 5.41 Å². The Morgan fingerprint density at radius 3 is 2.44 bits per heavy atom. The number of nitrogens with zero attached hydrogens (tertiary/aromatic N) is 1. The number of methoxy groups -OCH3 is 1. The molecule has 0 spiro atoms. The fourth-order valence-corrected chi connectivity index (χ4v) is 2.05. The van der Waals surface area contributed by atoms with Gasteiger partial charge >= 0.3 is 0 Å². The summed E-state index contributed by atoms with van der Waals surface area (Å²) in [7, 11) is 1.65. The van der Waals surface area contributed by atoms with Crippen LogP contribution in [-0.2, 0) is 4.74 Å². The smallest absolute Gasteiger partial charge is 0.120 e. The molecular weight excluding hydrogens is 273 g/mol. The Bertz CT molecular complexity index is 375. The minimum atomic E-state index is -0.334. The molecule has 3 N–H and O–H groups in total. The summed E-state index contributed by atoms with van der Waals surface area (Å²) < 4.78 is 5.27. The van der Waals surface area contributed by atoms with E-state index in [2.05, 4.69) is 0 Å². The van der Waals surface area contributed by atoms with Crippen molar-refractivity contribution in [1.29, 1.82) is 5.41 Å². The molecule has 2 atom stereocenters. The molecule has 2 rings (SSSR count). The number of rotatable bonds is 2. The molecule has 2 unspecified atom stereocenters. The van der Waals surface area contributed by atoms with E-state index < -0.39 is 0 Å². The van der Waals surface area contributed by atoms with Crippen LogP contribution in [0, 0.1) is 5.41 Å². The molecule has 1 aliphatic heterocycles. The molecule has 1 aromatic rings. The van der Waals surface area contributed by atoms with Gasteiger partial charge in [0.15, 0.2) is 0 Å². The van der Waals surface area contributed by atoms with Gasteiger partial charge in [-0.05, 0) is 18.6 Å². The van der Waals surface area contributed by atoms with E-state index in [4.69, 9.17) is 15.9 Å². The Balaban J connectivity index is 0.00000144. The molecule has 0 amide bonds. The Hall–Kier alpha value is -0.810. The highest BCUT2D eigenvalue weighted by molar-refractivity contribution is 6.00. The quantitative estimate of drug-likeness (QED) is 0.877. The van der Waals surface area contributed by atoms with Crippen molar-refractivity contribution in [3.8, 4) is 0 Å². The van der Waals surface area contributed by atoms with E-state index in [1.165, 1.54) is 0 Å². The van der Waals surface area contributed by atoms with Crippen molar-refractivity contribution in [3.05, 3.63) is 30.3 Å². The molecule has 0 radical (unpaired) electrons. The van der Waals surface area contributed by atoms with E-state index in [0.29, 0.717) is 5.84 Å². The van der Waals surface area contributed by atoms with Crippen molar-refractivity contribution in [2.24, 2.45) is 5.73 Å². The van der Waals surface area contributed by atoms with E-state index >= 15 is 0 Å². The lowest BCUT2D eigenvalue weighted by Gasteiger charge is -2.37. The fourth-order valence-electron chi connectivity index (χ4n) is 2.05. The van der Waals surface area contributed by atoms with Gasteiger partial charge in [0.2, 0.25) is 0 Å². The number of amidine groups is 1. The highest BCUT2D eigenvalue weighted by atomic mass is 35.5. The second kappa shape index (κ2) is 7.59. The summed E-state index contributed by atoms with van der Waals surface area (Å²) in [4.78, 5) is 1.94. The van der Waals surface area contributed by atoms with Crippen LogP contribution in [0.25, 0.3) is 0 Å². The number of piperidine rings is 1. The van der Waals surface area contributed by atoms with Crippen LogP contribution >= 0.6 is 24.8 Å². The van der Waals surface area contributed by atoms with Crippen molar-refractivity contribution >= 4 is 36.3 Å². The fraction of sp³-hybridized carbons (Fsp3) is 0.417. The van der Waals surface area contributed by atoms with Crippen LogP contribution in [0.4, 0.5) is 5.69 Å². The average Bonchev–Trinajstić information content (AvgIpc) is 2.34. The monoisotopic (exact) mass is 291 g/mol. The lowest BCUT2D eigenvalue weighted by Crippen LogP contribution is -2.56. The summed E-state index contributed by atoms with van der Waals surface area (Å²) in [5.74, 6) is 0.435. The van der Waals surface area contributed by atoms with Crippen LogP contribution in [0.15, 0.2) is 30.3 Å². The summed E-state index contributed by atoms with van der Waals surface area (Å²) in [6.45, 7) is 0.787. The normalized spacial score (nSPS) is 23.0. The molecule has 1 heterocycles. The van der Waals surface area contributed by atoms with Crippen molar-refractivity contribution in [3.63, 3.8) is 0 Å². The summed E-state index contributed by atoms with van der Waals surface area (Å²) in [6, 6.07) is 9.56. The summed E-state index contributed by atoms with van der Waals surface area (Å²) >= 11 is 0. The highest BCUT2D eigenvalue weighted by Gasteiger charge is 2.31. The number of nitrogens with two attached hydrogens (primary N) is 1. The minimum Gasteiger partial charge on any atom is -0.379 e. The maximum atomic E-state index is 8.04. The lowest BCUT2D eigenvalue weighted by atomic mass is 10.0. The van der Waals surface area contributed by atoms with Crippen LogP contribution in [0.5, 0.6) is 0 Å². The molecule has 1 saturated heterocycles. The number of hydrogen-bond acceptors (Lipinski definition) is 3. The molecule has 102 valence electrons. The highest BCUT2D eigenvalue weighted by Crippen LogP contribution is 2.21. The van der Waals surface area contributed by atoms with Crippen molar-refractivity contribution in [2.75, 3.05) is 18.6 Å². The Morgan fingerprint density at radius 1 is 1.28 bits per heavy atom. The summed E-state index contributed by atoms with van der Waals surface area (Å²) in [5, 5.41) is 8.04. The van der Waals surface area contributed by atoms with Crippen molar-refractivity contribution in [2.45, 2.75) is 18.6 Å². The van der Waals surface area contributed by atoms with Crippen LogP contribution in [0.3, 0.4) is 0 Å². The lowest BCUT2D eigenvalue weighted by molar-refractivity contribution is 0.0860. The molecule has 1 aliphatic rings. The third-order valence-electron chi connectivity index (χ3n) is 3.01. The predicted molar refractivity (Wildman–Crippen MR) is 79.4 cm³/mol. The van der Waals surface area contributed by atoms with Gasteiger partial charge in [-0.15, -0.1) is 24.8 Å². The first-order valence-electron chi connectivity index (χ1n) is 5.43. The molecule has 18 heavy (non-hydrogen) atoms. The van der Waals surface area contributed by atoms with Crippen LogP contribution in [0.2, 0.25) is 0 Å². The van der Waals surface area contributed by atoms with Gasteiger partial charge in [0, 0.05) is 19.3 Å². The minimum absolute atomic E-state index is 0. The van der Waals surface area contributed by atoms with Crippen molar-refractivity contribution in [1.82, 2.24) is 0 Å². The van der Waals surface area contributed by atoms with E-state index in [-0.39, 0.29) is 37.0 Å². The predicted octanol–water partition coefficient (Wildman–Crippen LogP) is 2.06. The van der Waals surface area contributed by atoms with Gasteiger partial charge in [-0.25, -0.2) is 0 Å². The second-order valence-electron chi connectivity index (χ2n) is 3.96. The maximum Gasteiger partial charge on any atom is 0.120 e. The van der Waals surface area contributed by atoms with E-state index in [1.807, 2.05) is 35.2 Å². The third kappa shape index (κ3) is 3.36. The van der Waals surface area contributed by atoms with Gasteiger partial charge in [0.05, 0.1) is 12.1 Å². The average molecular weight is 292 g/mol. The van der Waals surface area contributed by atoms with Gasteiger partial charge < -0.3 is 15.4 Å². The molecule has 0 aromatic heterocycles. The van der Waals surface area contributed by atoms with Crippen LogP contribution < -0.4 is 10.6 Å². The SMILES string of the molecule is COC1CCN(c2ccccc2)C(=N)C1N.Cl.Cl. The zero-order chi connectivity index (χ0) is 11.5. The molecule has 1 aromatic carbocycles. The second-order valence-corrected chi connectivity index (χ2v) is 3.96. The molecule has 0 saturated carbocycles. The van der Waals surface area contributed by atoms with E-state index in [9.17, 15) is 0 Å². The first kappa shape index (κ1) is 17.2. The summed E-state index contributed by atoms with van der Waals surface area (Å²) in [6.07, 6.45) is 0.821. The van der Waals surface area contributed by atoms with E-state index in [1.54, 1.807) is 7.11 Å². The van der Waals surface area contributed by atoms with Gasteiger partial charge in [-0.1, -0.05) is 18.2 Å². The Kier molecular flexibility index (Phi) is 7.25.